The normalized spacial score (nSPS) is 21.9. The van der Waals surface area contributed by atoms with Crippen LogP contribution in [0.1, 0.15) is 25.3 Å². The minimum Gasteiger partial charge on any atom is -0.377 e. The van der Waals surface area contributed by atoms with Gasteiger partial charge in [-0.05, 0) is 31.0 Å². The number of nitrogens with one attached hydrogen (secondary N) is 1. The van der Waals surface area contributed by atoms with Crippen LogP contribution in [0.3, 0.4) is 0 Å². The Hall–Kier alpha value is -1.57. The Morgan fingerprint density at radius 1 is 1.63 bits per heavy atom. The Morgan fingerprint density at radius 3 is 3.11 bits per heavy atom. The summed E-state index contributed by atoms with van der Waals surface area (Å²) in [5.74, 6) is -0.265. The lowest BCUT2D eigenvalue weighted by Crippen LogP contribution is -2.29. The van der Waals surface area contributed by atoms with E-state index in [4.69, 9.17) is 21.6 Å². The van der Waals surface area contributed by atoms with Gasteiger partial charge in [0.05, 0.1) is 23.3 Å². The molecule has 0 saturated carbocycles. The smallest absolute Gasteiger partial charge is 0.230 e. The Kier molecular flexibility index (Phi) is 4.41. The largest absolute Gasteiger partial charge is 0.377 e. The SMILES string of the molecule is CCC1OCCC1C(=O)Nc1cc(Cl)ccc1C#N. The number of carbonyl (C=O) groups excluding carboxylic acids is 1. The molecule has 1 N–H and O–H groups in total. The first kappa shape index (κ1) is 13.9. The summed E-state index contributed by atoms with van der Waals surface area (Å²) in [6, 6.07) is 6.86. The van der Waals surface area contributed by atoms with Crippen LogP contribution >= 0.6 is 11.6 Å². The average molecular weight is 279 g/mol. The van der Waals surface area contributed by atoms with Gasteiger partial charge in [-0.25, -0.2) is 0 Å². The molecule has 5 heteroatoms. The van der Waals surface area contributed by atoms with Gasteiger partial charge in [-0.1, -0.05) is 18.5 Å². The van der Waals surface area contributed by atoms with E-state index < -0.39 is 0 Å². The van der Waals surface area contributed by atoms with Gasteiger partial charge in [0.25, 0.3) is 0 Å². The summed E-state index contributed by atoms with van der Waals surface area (Å²) in [5.41, 5.74) is 0.867. The van der Waals surface area contributed by atoms with Crippen molar-refractivity contribution in [3.05, 3.63) is 28.8 Å². The standard InChI is InChI=1S/C14H15ClN2O2/c1-2-13-11(5-6-19-13)14(18)17-12-7-10(15)4-3-9(12)8-16/h3-4,7,11,13H,2,5-6H2,1H3,(H,17,18). The summed E-state index contributed by atoms with van der Waals surface area (Å²) >= 11 is 5.89. The zero-order valence-electron chi connectivity index (χ0n) is 10.6. The van der Waals surface area contributed by atoms with E-state index in [2.05, 4.69) is 5.32 Å². The molecule has 1 fully saturated rings. The molecule has 2 unspecified atom stereocenters. The van der Waals surface area contributed by atoms with Crippen molar-refractivity contribution in [3.8, 4) is 6.07 Å². The summed E-state index contributed by atoms with van der Waals surface area (Å²) in [6.45, 7) is 2.60. The van der Waals surface area contributed by atoms with Crippen molar-refractivity contribution >= 4 is 23.2 Å². The first-order valence-electron chi connectivity index (χ1n) is 6.27. The van der Waals surface area contributed by atoms with Crippen molar-refractivity contribution in [2.45, 2.75) is 25.9 Å². The minimum atomic E-state index is -0.157. The number of benzene rings is 1. The monoisotopic (exact) mass is 278 g/mol. The number of nitriles is 1. The second kappa shape index (κ2) is 6.05. The van der Waals surface area contributed by atoms with E-state index in [0.717, 1.165) is 6.42 Å². The molecule has 1 aliphatic heterocycles. The highest BCUT2D eigenvalue weighted by Crippen LogP contribution is 2.26. The predicted octanol–water partition coefficient (Wildman–Crippen LogP) is 2.97. The molecule has 19 heavy (non-hydrogen) atoms. The molecule has 0 aromatic heterocycles. The summed E-state index contributed by atoms with van der Waals surface area (Å²) in [5, 5.41) is 12.3. The molecule has 1 aliphatic rings. The summed E-state index contributed by atoms with van der Waals surface area (Å²) in [4.78, 5) is 12.2. The zero-order chi connectivity index (χ0) is 13.8. The van der Waals surface area contributed by atoms with Crippen molar-refractivity contribution in [2.24, 2.45) is 5.92 Å². The third-order valence-electron chi connectivity index (χ3n) is 3.31. The predicted molar refractivity (Wildman–Crippen MR) is 72.9 cm³/mol. The molecule has 0 spiro atoms. The zero-order valence-corrected chi connectivity index (χ0v) is 11.4. The van der Waals surface area contributed by atoms with Gasteiger partial charge in [-0.3, -0.25) is 4.79 Å². The molecular weight excluding hydrogens is 264 g/mol. The van der Waals surface area contributed by atoms with Gasteiger partial charge in [0.2, 0.25) is 5.91 Å². The highest BCUT2D eigenvalue weighted by molar-refractivity contribution is 6.31. The Morgan fingerprint density at radius 2 is 2.42 bits per heavy atom. The van der Waals surface area contributed by atoms with E-state index in [9.17, 15) is 4.79 Å². The van der Waals surface area contributed by atoms with Crippen LogP contribution < -0.4 is 5.32 Å². The summed E-state index contributed by atoms with van der Waals surface area (Å²) < 4.78 is 5.50. The quantitative estimate of drug-likeness (QED) is 0.924. The lowest BCUT2D eigenvalue weighted by atomic mass is 9.98. The van der Waals surface area contributed by atoms with Crippen LogP contribution in [0.4, 0.5) is 5.69 Å². The number of rotatable bonds is 3. The topological polar surface area (TPSA) is 62.1 Å². The maximum atomic E-state index is 12.2. The van der Waals surface area contributed by atoms with E-state index in [-0.39, 0.29) is 17.9 Å². The van der Waals surface area contributed by atoms with E-state index in [1.807, 2.05) is 13.0 Å². The van der Waals surface area contributed by atoms with Gasteiger partial charge in [0.15, 0.2) is 0 Å². The summed E-state index contributed by atoms with van der Waals surface area (Å²) in [7, 11) is 0. The molecule has 0 bridgehead atoms. The fourth-order valence-electron chi connectivity index (χ4n) is 2.29. The van der Waals surface area contributed by atoms with Crippen LogP contribution in [0.2, 0.25) is 5.02 Å². The van der Waals surface area contributed by atoms with Crippen molar-refractivity contribution in [3.63, 3.8) is 0 Å². The van der Waals surface area contributed by atoms with Crippen molar-refractivity contribution in [1.29, 1.82) is 5.26 Å². The number of hydrogen-bond acceptors (Lipinski definition) is 3. The Bertz CT molecular complexity index is 525. The fraction of sp³-hybridized carbons (Fsp3) is 0.429. The third-order valence-corrected chi connectivity index (χ3v) is 3.54. The molecule has 100 valence electrons. The lowest BCUT2D eigenvalue weighted by molar-refractivity contribution is -0.121. The van der Waals surface area contributed by atoms with E-state index >= 15 is 0 Å². The van der Waals surface area contributed by atoms with Crippen LogP contribution in [0.5, 0.6) is 0 Å². The number of hydrogen-bond donors (Lipinski definition) is 1. The van der Waals surface area contributed by atoms with Crippen LogP contribution in [0.25, 0.3) is 0 Å². The molecule has 1 aromatic rings. The molecule has 1 saturated heterocycles. The highest BCUT2D eigenvalue weighted by atomic mass is 35.5. The number of anilines is 1. The van der Waals surface area contributed by atoms with Gasteiger partial charge in [-0.15, -0.1) is 0 Å². The van der Waals surface area contributed by atoms with Crippen LogP contribution in [0.15, 0.2) is 18.2 Å². The van der Waals surface area contributed by atoms with Crippen LogP contribution in [-0.4, -0.2) is 18.6 Å². The van der Waals surface area contributed by atoms with Gasteiger partial charge in [0.1, 0.15) is 6.07 Å². The van der Waals surface area contributed by atoms with Gasteiger partial charge >= 0.3 is 0 Å². The van der Waals surface area contributed by atoms with Crippen LogP contribution in [-0.2, 0) is 9.53 Å². The highest BCUT2D eigenvalue weighted by Gasteiger charge is 2.32. The minimum absolute atomic E-state index is 0.0373. The lowest BCUT2D eigenvalue weighted by Gasteiger charge is -2.17. The maximum absolute atomic E-state index is 12.2. The third kappa shape index (κ3) is 3.06. The molecule has 4 nitrogen and oxygen atoms in total. The van der Waals surface area contributed by atoms with Crippen molar-refractivity contribution in [1.82, 2.24) is 0 Å². The van der Waals surface area contributed by atoms with E-state index in [0.29, 0.717) is 29.3 Å². The molecule has 2 rings (SSSR count). The molecule has 1 heterocycles. The number of ether oxygens (including phenoxy) is 1. The first-order valence-corrected chi connectivity index (χ1v) is 6.65. The number of halogens is 1. The average Bonchev–Trinajstić information content (AvgIpc) is 2.87. The molecular formula is C14H15ClN2O2. The first-order chi connectivity index (χ1) is 9.15. The van der Waals surface area contributed by atoms with Gasteiger partial charge in [0, 0.05) is 11.6 Å². The second-order valence-corrected chi connectivity index (χ2v) is 4.94. The van der Waals surface area contributed by atoms with E-state index in [1.54, 1.807) is 18.2 Å². The number of carbonyl (C=O) groups is 1. The second-order valence-electron chi connectivity index (χ2n) is 4.50. The molecule has 0 aliphatic carbocycles. The Balaban J connectivity index is 2.15. The Labute approximate surface area is 117 Å². The van der Waals surface area contributed by atoms with E-state index in [1.165, 1.54) is 0 Å². The maximum Gasteiger partial charge on any atom is 0.230 e. The number of amides is 1. The van der Waals surface area contributed by atoms with Gasteiger partial charge in [-0.2, -0.15) is 5.26 Å². The molecule has 0 radical (unpaired) electrons. The summed E-state index contributed by atoms with van der Waals surface area (Å²) in [6.07, 6.45) is 1.48. The van der Waals surface area contributed by atoms with Gasteiger partial charge < -0.3 is 10.1 Å². The molecule has 2 atom stereocenters. The molecule has 1 aromatic carbocycles. The fourth-order valence-corrected chi connectivity index (χ4v) is 2.47. The van der Waals surface area contributed by atoms with Crippen molar-refractivity contribution in [2.75, 3.05) is 11.9 Å². The molecule has 1 amide bonds. The number of nitrogens with zero attached hydrogens (tertiary/aromatic N) is 1. The van der Waals surface area contributed by atoms with Crippen LogP contribution in [0, 0.1) is 17.2 Å². The van der Waals surface area contributed by atoms with Crippen molar-refractivity contribution < 1.29 is 9.53 Å².